The third kappa shape index (κ3) is 3.27. The minimum atomic E-state index is 0.307. The van der Waals surface area contributed by atoms with E-state index in [9.17, 15) is 0 Å². The second-order valence-corrected chi connectivity index (χ2v) is 10.9. The Balaban J connectivity index is 1.28. The maximum absolute atomic E-state index is 4.91. The van der Waals surface area contributed by atoms with Gasteiger partial charge in [-0.1, -0.05) is 57.2 Å². The minimum absolute atomic E-state index is 0.307. The molecule has 39 heavy (non-hydrogen) atoms. The molecule has 0 bridgehead atoms. The fraction of sp³-hybridized carbons (Fsp3) is 0.212. The summed E-state index contributed by atoms with van der Waals surface area (Å²) in [5, 5.41) is 3.33. The molecule has 0 aliphatic heterocycles. The third-order valence-corrected chi connectivity index (χ3v) is 8.30. The Morgan fingerprint density at radius 1 is 0.795 bits per heavy atom. The van der Waals surface area contributed by atoms with Crippen LogP contribution >= 0.6 is 0 Å². The van der Waals surface area contributed by atoms with Gasteiger partial charge in [-0.05, 0) is 63.7 Å². The lowest BCUT2D eigenvalue weighted by molar-refractivity contribution is 0.799. The van der Waals surface area contributed by atoms with Gasteiger partial charge in [-0.3, -0.25) is 0 Å². The number of hydrogen-bond acceptors (Lipinski definition) is 4. The van der Waals surface area contributed by atoms with E-state index < -0.39 is 0 Å². The van der Waals surface area contributed by atoms with E-state index in [-0.39, 0.29) is 0 Å². The maximum atomic E-state index is 4.91. The molecule has 8 rings (SSSR count). The Hall–Kier alpha value is -4.58. The first-order valence-electron chi connectivity index (χ1n) is 13.8. The van der Waals surface area contributed by atoms with Crippen molar-refractivity contribution in [3.63, 3.8) is 0 Å². The predicted octanol–water partition coefficient (Wildman–Crippen LogP) is 7.65. The van der Waals surface area contributed by atoms with Gasteiger partial charge in [0.05, 0.1) is 16.6 Å². The highest BCUT2D eigenvalue weighted by Crippen LogP contribution is 2.40. The van der Waals surface area contributed by atoms with Crippen LogP contribution in [0.4, 0.5) is 0 Å². The summed E-state index contributed by atoms with van der Waals surface area (Å²) in [6.07, 6.45) is 6.47. The number of benzene rings is 4. The molecule has 0 radical (unpaired) electrons. The van der Waals surface area contributed by atoms with Crippen LogP contribution in [0.2, 0.25) is 0 Å². The highest BCUT2D eigenvalue weighted by molar-refractivity contribution is 6.22. The Labute approximate surface area is 225 Å². The highest BCUT2D eigenvalue weighted by atomic mass is 14.9. The van der Waals surface area contributed by atoms with Gasteiger partial charge in [0.2, 0.25) is 0 Å². The standard InChI is InChI=1S/C33H28N6/c1-4-28-36-27-12-11-22-21-8-5-18(13-20(21)7-10-23(22)29(27)37-28)19-6-9-24-25(14-19)26-15-34-16-35-30(26)32-31(24)38-33(39-32)17(2)3/h5-6,8-9,11-17H,4,7,10H2,1-3H3,(H,36,37)(H,38,39). The molecule has 0 amide bonds. The molecule has 0 fully saturated rings. The second kappa shape index (κ2) is 8.21. The number of aryl methyl sites for hydroxylation is 3. The molecule has 190 valence electrons. The molecule has 1 aliphatic carbocycles. The van der Waals surface area contributed by atoms with Gasteiger partial charge in [-0.15, -0.1) is 0 Å². The number of rotatable bonds is 3. The molecular formula is C33H28N6. The molecule has 3 heterocycles. The van der Waals surface area contributed by atoms with Crippen molar-refractivity contribution in [2.24, 2.45) is 0 Å². The largest absolute Gasteiger partial charge is 0.342 e. The average Bonchev–Trinajstić information content (AvgIpc) is 3.62. The summed E-state index contributed by atoms with van der Waals surface area (Å²) in [4.78, 5) is 25.9. The van der Waals surface area contributed by atoms with Crippen molar-refractivity contribution in [3.05, 3.63) is 83.8 Å². The van der Waals surface area contributed by atoms with Crippen molar-refractivity contribution in [1.82, 2.24) is 29.9 Å². The summed E-state index contributed by atoms with van der Waals surface area (Å²) >= 11 is 0. The summed E-state index contributed by atoms with van der Waals surface area (Å²) in [5.74, 6) is 2.35. The van der Waals surface area contributed by atoms with Gasteiger partial charge in [-0.25, -0.2) is 19.9 Å². The van der Waals surface area contributed by atoms with Crippen molar-refractivity contribution in [3.8, 4) is 22.3 Å². The average molecular weight is 509 g/mol. The van der Waals surface area contributed by atoms with Crippen molar-refractivity contribution in [1.29, 1.82) is 0 Å². The number of imidazole rings is 2. The van der Waals surface area contributed by atoms with E-state index in [2.05, 4.69) is 89.2 Å². The third-order valence-electron chi connectivity index (χ3n) is 8.30. The van der Waals surface area contributed by atoms with Gasteiger partial charge in [0, 0.05) is 29.3 Å². The summed E-state index contributed by atoms with van der Waals surface area (Å²) in [7, 11) is 0. The van der Waals surface area contributed by atoms with E-state index in [0.29, 0.717) is 5.92 Å². The molecule has 6 heteroatoms. The molecule has 4 aromatic carbocycles. The van der Waals surface area contributed by atoms with Gasteiger partial charge in [0.15, 0.2) is 0 Å². The predicted molar refractivity (Wildman–Crippen MR) is 158 cm³/mol. The first kappa shape index (κ1) is 22.4. The van der Waals surface area contributed by atoms with Gasteiger partial charge < -0.3 is 9.97 Å². The normalized spacial score (nSPS) is 13.1. The van der Waals surface area contributed by atoms with Gasteiger partial charge >= 0.3 is 0 Å². The Bertz CT molecular complexity index is 2100. The number of fused-ring (bicyclic) bond motifs is 11. The topological polar surface area (TPSA) is 83.1 Å². The first-order valence-corrected chi connectivity index (χ1v) is 13.8. The van der Waals surface area contributed by atoms with Crippen LogP contribution in [0.5, 0.6) is 0 Å². The van der Waals surface area contributed by atoms with E-state index in [1.165, 1.54) is 33.4 Å². The number of H-pyrrole nitrogens is 2. The Morgan fingerprint density at radius 2 is 1.64 bits per heavy atom. The van der Waals surface area contributed by atoms with Crippen molar-refractivity contribution in [2.75, 3.05) is 0 Å². The number of aromatic nitrogens is 6. The van der Waals surface area contributed by atoms with Crippen LogP contribution in [-0.2, 0) is 19.3 Å². The zero-order chi connectivity index (χ0) is 26.2. The van der Waals surface area contributed by atoms with E-state index in [0.717, 1.165) is 74.7 Å². The molecule has 6 nitrogen and oxygen atoms in total. The molecule has 2 N–H and O–H groups in total. The molecule has 7 aromatic rings. The number of nitrogens with one attached hydrogen (secondary N) is 2. The lowest BCUT2D eigenvalue weighted by Gasteiger charge is -2.21. The Morgan fingerprint density at radius 3 is 2.51 bits per heavy atom. The zero-order valence-corrected chi connectivity index (χ0v) is 22.3. The van der Waals surface area contributed by atoms with Gasteiger partial charge in [-0.2, -0.15) is 0 Å². The van der Waals surface area contributed by atoms with Crippen LogP contribution in [0.1, 0.15) is 49.5 Å². The molecule has 0 saturated carbocycles. The number of aromatic amines is 2. The monoisotopic (exact) mass is 508 g/mol. The lowest BCUT2D eigenvalue weighted by Crippen LogP contribution is -2.05. The second-order valence-electron chi connectivity index (χ2n) is 10.9. The van der Waals surface area contributed by atoms with Crippen molar-refractivity contribution >= 4 is 43.7 Å². The molecule has 0 saturated heterocycles. The zero-order valence-electron chi connectivity index (χ0n) is 22.3. The van der Waals surface area contributed by atoms with Crippen LogP contribution in [0.3, 0.4) is 0 Å². The van der Waals surface area contributed by atoms with Crippen LogP contribution in [-0.4, -0.2) is 29.9 Å². The minimum Gasteiger partial charge on any atom is -0.342 e. The van der Waals surface area contributed by atoms with E-state index in [1.54, 1.807) is 6.33 Å². The van der Waals surface area contributed by atoms with Crippen LogP contribution in [0.25, 0.3) is 66.0 Å². The summed E-state index contributed by atoms with van der Waals surface area (Å²) in [5.41, 5.74) is 13.0. The SMILES string of the molecule is CCc1nc2c3c(ccc2[nH]1)-c1ccc(-c2ccc4c(c2)c2cncnc2c2nc(C(C)C)[nH]c42)cc1CC3. The van der Waals surface area contributed by atoms with Crippen LogP contribution in [0.15, 0.2) is 61.1 Å². The smallest absolute Gasteiger partial charge is 0.116 e. The summed E-state index contributed by atoms with van der Waals surface area (Å²) in [6, 6.07) is 18.1. The number of hydrogen-bond donors (Lipinski definition) is 2. The number of nitrogens with zero attached hydrogens (tertiary/aromatic N) is 4. The lowest BCUT2D eigenvalue weighted by atomic mass is 9.83. The van der Waals surface area contributed by atoms with Crippen LogP contribution in [0, 0.1) is 0 Å². The van der Waals surface area contributed by atoms with E-state index in [4.69, 9.17) is 9.97 Å². The molecule has 3 aromatic heterocycles. The molecule has 0 unspecified atom stereocenters. The molecular weight excluding hydrogens is 480 g/mol. The fourth-order valence-corrected chi connectivity index (χ4v) is 6.27. The van der Waals surface area contributed by atoms with Gasteiger partial charge in [0.25, 0.3) is 0 Å². The molecule has 1 aliphatic rings. The van der Waals surface area contributed by atoms with Crippen molar-refractivity contribution in [2.45, 2.75) is 46.0 Å². The van der Waals surface area contributed by atoms with Gasteiger partial charge in [0.1, 0.15) is 29.0 Å². The highest BCUT2D eigenvalue weighted by Gasteiger charge is 2.21. The summed E-state index contributed by atoms with van der Waals surface area (Å²) < 4.78 is 0. The molecule has 0 spiro atoms. The van der Waals surface area contributed by atoms with Crippen molar-refractivity contribution < 1.29 is 0 Å². The first-order chi connectivity index (χ1) is 19.1. The fourth-order valence-electron chi connectivity index (χ4n) is 6.27. The quantitative estimate of drug-likeness (QED) is 0.240. The Kier molecular flexibility index (Phi) is 4.72. The van der Waals surface area contributed by atoms with Crippen LogP contribution < -0.4 is 0 Å². The molecule has 0 atom stereocenters. The van der Waals surface area contributed by atoms with E-state index in [1.807, 2.05) is 6.20 Å². The van der Waals surface area contributed by atoms with E-state index >= 15 is 0 Å². The summed E-state index contributed by atoms with van der Waals surface area (Å²) in [6.45, 7) is 6.46. The maximum Gasteiger partial charge on any atom is 0.116 e.